The van der Waals surface area contributed by atoms with Crippen LogP contribution in [0, 0.1) is 0 Å². The largest absolute Gasteiger partial charge is 0.378 e. The highest BCUT2D eigenvalue weighted by Gasteiger charge is 2.23. The first kappa shape index (κ1) is 16.8. The summed E-state index contributed by atoms with van der Waals surface area (Å²) >= 11 is 0. The minimum Gasteiger partial charge on any atom is -0.378 e. The molecule has 2 heterocycles. The van der Waals surface area contributed by atoms with Crippen molar-refractivity contribution in [3.8, 4) is 0 Å². The number of fused-ring (bicyclic) bond motifs is 1. The maximum Gasteiger partial charge on any atom is 0.223 e. The molecule has 26 heavy (non-hydrogen) atoms. The SMILES string of the molecule is O=C(CC1CCCO1)NC(Cc1ccccc1)c1nc2ccccc2[nH]1. The Balaban J connectivity index is 1.55. The Morgan fingerprint density at radius 3 is 2.77 bits per heavy atom. The third-order valence-corrected chi connectivity index (χ3v) is 4.79. The van der Waals surface area contributed by atoms with E-state index in [1.54, 1.807) is 0 Å². The Morgan fingerprint density at radius 1 is 1.19 bits per heavy atom. The van der Waals surface area contributed by atoms with Gasteiger partial charge in [-0.1, -0.05) is 42.5 Å². The predicted octanol–water partition coefficient (Wildman–Crippen LogP) is 3.53. The van der Waals surface area contributed by atoms with Crippen molar-refractivity contribution in [1.29, 1.82) is 0 Å². The van der Waals surface area contributed by atoms with Crippen LogP contribution in [0.1, 0.15) is 36.7 Å². The van der Waals surface area contributed by atoms with Crippen LogP contribution in [0.5, 0.6) is 0 Å². The zero-order chi connectivity index (χ0) is 17.8. The van der Waals surface area contributed by atoms with Crippen molar-refractivity contribution in [1.82, 2.24) is 15.3 Å². The summed E-state index contributed by atoms with van der Waals surface area (Å²) in [5.74, 6) is 0.800. The fraction of sp³-hybridized carbons (Fsp3) is 0.333. The van der Waals surface area contributed by atoms with Crippen molar-refractivity contribution in [3.63, 3.8) is 0 Å². The molecule has 4 rings (SSSR count). The Bertz CT molecular complexity index is 836. The van der Waals surface area contributed by atoms with Crippen molar-refractivity contribution in [2.45, 2.75) is 37.8 Å². The van der Waals surface area contributed by atoms with Crippen molar-refractivity contribution in [2.24, 2.45) is 0 Å². The lowest BCUT2D eigenvalue weighted by atomic mass is 10.0. The molecule has 2 atom stereocenters. The summed E-state index contributed by atoms with van der Waals surface area (Å²) in [6.07, 6.45) is 3.14. The van der Waals surface area contributed by atoms with Gasteiger partial charge in [0.1, 0.15) is 5.82 Å². The summed E-state index contributed by atoms with van der Waals surface area (Å²) in [7, 11) is 0. The van der Waals surface area contributed by atoms with Gasteiger partial charge in [-0.25, -0.2) is 4.98 Å². The van der Waals surface area contributed by atoms with Crippen LogP contribution in [0.3, 0.4) is 0 Å². The van der Waals surface area contributed by atoms with Gasteiger partial charge in [0.05, 0.1) is 29.6 Å². The Morgan fingerprint density at radius 2 is 2.00 bits per heavy atom. The lowest BCUT2D eigenvalue weighted by Crippen LogP contribution is -2.33. The Kier molecular flexibility index (Phi) is 4.97. The number of aromatic amines is 1. The van der Waals surface area contributed by atoms with Gasteiger partial charge in [0.2, 0.25) is 5.91 Å². The first-order valence-corrected chi connectivity index (χ1v) is 9.17. The number of nitrogens with one attached hydrogen (secondary N) is 2. The average molecular weight is 349 g/mol. The van der Waals surface area contributed by atoms with Gasteiger partial charge < -0.3 is 15.0 Å². The number of carbonyl (C=O) groups is 1. The average Bonchev–Trinajstić information content (AvgIpc) is 3.31. The summed E-state index contributed by atoms with van der Waals surface area (Å²) in [5, 5.41) is 3.16. The normalized spacial score (nSPS) is 18.1. The minimum absolute atomic E-state index is 0.0123. The van der Waals surface area contributed by atoms with Crippen molar-refractivity contribution in [3.05, 3.63) is 66.0 Å². The standard InChI is InChI=1S/C21H23N3O2/c25-20(14-16-9-6-12-26-16)22-19(13-15-7-2-1-3-8-15)21-23-17-10-4-5-11-18(17)24-21/h1-5,7-8,10-11,16,19H,6,9,12-14H2,(H,22,25)(H,23,24). The number of amides is 1. The van der Waals surface area contributed by atoms with Crippen molar-refractivity contribution in [2.75, 3.05) is 6.61 Å². The number of carbonyl (C=O) groups excluding carboxylic acids is 1. The smallest absolute Gasteiger partial charge is 0.223 e. The third-order valence-electron chi connectivity index (χ3n) is 4.79. The van der Waals surface area contributed by atoms with Gasteiger partial charge >= 0.3 is 0 Å². The van der Waals surface area contributed by atoms with E-state index < -0.39 is 0 Å². The van der Waals surface area contributed by atoms with E-state index in [-0.39, 0.29) is 18.1 Å². The number of benzene rings is 2. The summed E-state index contributed by atoms with van der Waals surface area (Å²) in [4.78, 5) is 20.6. The molecule has 5 heteroatoms. The molecule has 3 aromatic rings. The van der Waals surface area contributed by atoms with Gasteiger partial charge in [-0.05, 0) is 37.0 Å². The first-order chi connectivity index (χ1) is 12.8. The van der Waals surface area contributed by atoms with E-state index in [4.69, 9.17) is 9.72 Å². The number of ether oxygens (including phenoxy) is 1. The molecule has 134 valence electrons. The highest BCUT2D eigenvalue weighted by atomic mass is 16.5. The summed E-state index contributed by atoms with van der Waals surface area (Å²) in [6, 6.07) is 17.9. The molecular formula is C21H23N3O2. The fourth-order valence-corrected chi connectivity index (χ4v) is 3.47. The number of rotatable bonds is 6. The molecule has 1 aliphatic heterocycles. The lowest BCUT2D eigenvalue weighted by Gasteiger charge is -2.18. The van der Waals surface area contributed by atoms with E-state index in [9.17, 15) is 4.79 Å². The molecular weight excluding hydrogens is 326 g/mol. The zero-order valence-corrected chi connectivity index (χ0v) is 14.7. The van der Waals surface area contributed by atoms with Crippen LogP contribution in [-0.2, 0) is 16.0 Å². The number of H-pyrrole nitrogens is 1. The maximum absolute atomic E-state index is 12.6. The van der Waals surface area contributed by atoms with Crippen LogP contribution >= 0.6 is 0 Å². The van der Waals surface area contributed by atoms with Gasteiger partial charge in [0, 0.05) is 6.61 Å². The second-order valence-corrected chi connectivity index (χ2v) is 6.79. The van der Waals surface area contributed by atoms with Gasteiger partial charge in [-0.2, -0.15) is 0 Å². The van der Waals surface area contributed by atoms with E-state index in [1.165, 1.54) is 0 Å². The number of hydrogen-bond donors (Lipinski definition) is 2. The van der Waals surface area contributed by atoms with Crippen LogP contribution in [0.4, 0.5) is 0 Å². The van der Waals surface area contributed by atoms with Crippen LogP contribution in [0.2, 0.25) is 0 Å². The molecule has 1 saturated heterocycles. The summed E-state index contributed by atoms with van der Waals surface area (Å²) in [5.41, 5.74) is 3.05. The minimum atomic E-state index is -0.196. The van der Waals surface area contributed by atoms with Crippen LogP contribution in [0.15, 0.2) is 54.6 Å². The van der Waals surface area contributed by atoms with Crippen molar-refractivity contribution < 1.29 is 9.53 Å². The molecule has 0 saturated carbocycles. The van der Waals surface area contributed by atoms with Crippen LogP contribution in [0.25, 0.3) is 11.0 Å². The molecule has 5 nitrogen and oxygen atoms in total. The molecule has 0 radical (unpaired) electrons. The second-order valence-electron chi connectivity index (χ2n) is 6.79. The topological polar surface area (TPSA) is 67.0 Å². The van der Waals surface area contributed by atoms with E-state index >= 15 is 0 Å². The number of nitrogens with zero attached hydrogens (tertiary/aromatic N) is 1. The predicted molar refractivity (Wildman–Crippen MR) is 101 cm³/mol. The number of imidazole rings is 1. The molecule has 0 bridgehead atoms. The molecule has 1 aliphatic rings. The van der Waals surface area contributed by atoms with Gasteiger partial charge in [-0.3, -0.25) is 4.79 Å². The molecule has 0 spiro atoms. The number of aromatic nitrogens is 2. The third kappa shape index (κ3) is 3.94. The second kappa shape index (κ2) is 7.70. The highest BCUT2D eigenvalue weighted by Crippen LogP contribution is 2.21. The molecule has 1 fully saturated rings. The number of para-hydroxylation sites is 2. The van der Waals surface area contributed by atoms with E-state index in [0.29, 0.717) is 12.8 Å². The molecule has 1 aromatic heterocycles. The van der Waals surface area contributed by atoms with Crippen LogP contribution in [-0.4, -0.2) is 28.6 Å². The molecule has 1 amide bonds. The van der Waals surface area contributed by atoms with Gasteiger partial charge in [-0.15, -0.1) is 0 Å². The highest BCUT2D eigenvalue weighted by molar-refractivity contribution is 5.78. The lowest BCUT2D eigenvalue weighted by molar-refractivity contribution is -0.124. The molecule has 2 aromatic carbocycles. The fourth-order valence-electron chi connectivity index (χ4n) is 3.47. The van der Waals surface area contributed by atoms with Gasteiger partial charge in [0.15, 0.2) is 0 Å². The van der Waals surface area contributed by atoms with E-state index in [1.807, 2.05) is 42.5 Å². The summed E-state index contributed by atoms with van der Waals surface area (Å²) < 4.78 is 5.59. The quantitative estimate of drug-likeness (QED) is 0.715. The van der Waals surface area contributed by atoms with E-state index in [0.717, 1.165) is 41.9 Å². The van der Waals surface area contributed by atoms with Gasteiger partial charge in [0.25, 0.3) is 0 Å². The molecule has 2 unspecified atom stereocenters. The maximum atomic E-state index is 12.6. The first-order valence-electron chi connectivity index (χ1n) is 9.17. The monoisotopic (exact) mass is 349 g/mol. The Hall–Kier alpha value is -2.66. The van der Waals surface area contributed by atoms with Crippen molar-refractivity contribution >= 4 is 16.9 Å². The van der Waals surface area contributed by atoms with E-state index in [2.05, 4.69) is 22.4 Å². The molecule has 2 N–H and O–H groups in total. The molecule has 0 aliphatic carbocycles. The zero-order valence-electron chi connectivity index (χ0n) is 14.7. The Labute approximate surface area is 152 Å². The number of hydrogen-bond acceptors (Lipinski definition) is 3. The van der Waals surface area contributed by atoms with Crippen LogP contribution < -0.4 is 5.32 Å². The summed E-state index contributed by atoms with van der Waals surface area (Å²) in [6.45, 7) is 0.759.